The van der Waals surface area contributed by atoms with Gasteiger partial charge in [0.15, 0.2) is 0 Å². The van der Waals surface area contributed by atoms with Crippen LogP contribution in [-0.4, -0.2) is 48.1 Å². The van der Waals surface area contributed by atoms with Crippen LogP contribution >= 0.6 is 11.8 Å². The summed E-state index contributed by atoms with van der Waals surface area (Å²) in [4.78, 5) is 9.49. The van der Waals surface area contributed by atoms with Gasteiger partial charge in [0.2, 0.25) is 5.82 Å². The Bertz CT molecular complexity index is 1180. The lowest BCUT2D eigenvalue weighted by Gasteiger charge is -2.15. The van der Waals surface area contributed by atoms with Crippen molar-refractivity contribution in [2.75, 3.05) is 12.4 Å². The molecule has 2 aromatic carbocycles. The summed E-state index contributed by atoms with van der Waals surface area (Å²) in [6, 6.07) is 16.7. The highest BCUT2D eigenvalue weighted by Gasteiger charge is 2.15. The quantitative estimate of drug-likeness (QED) is 0.202. The molecular weight excluding hydrogens is 432 g/mol. The number of nitrogens with one attached hydrogen (secondary N) is 1. The summed E-state index contributed by atoms with van der Waals surface area (Å²) in [7, 11) is 0. The lowest BCUT2D eigenvalue weighted by molar-refractivity contribution is 0.296. The van der Waals surface area contributed by atoms with Crippen molar-refractivity contribution < 1.29 is 5.11 Å². The van der Waals surface area contributed by atoms with Gasteiger partial charge >= 0.3 is 0 Å². The van der Waals surface area contributed by atoms with E-state index in [9.17, 15) is 5.11 Å². The first-order valence-electron chi connectivity index (χ1n) is 11.2. The van der Waals surface area contributed by atoms with Gasteiger partial charge in [-0.2, -0.15) is 5.21 Å². The molecule has 0 aliphatic heterocycles. The van der Waals surface area contributed by atoms with Crippen molar-refractivity contribution in [1.82, 2.24) is 30.6 Å². The summed E-state index contributed by atoms with van der Waals surface area (Å²) in [6.07, 6.45) is 3.51. The SMILES string of the molecule is CCCc1nc(C)nc(SCCCO)c1Cc1ccc(-c2ccccc2-c2nn[nH]n2)cc1. The Hall–Kier alpha value is -3.10. The zero-order valence-electron chi connectivity index (χ0n) is 19.0. The highest BCUT2D eigenvalue weighted by Crippen LogP contribution is 2.31. The Morgan fingerprint density at radius 2 is 1.79 bits per heavy atom. The second-order valence-electron chi connectivity index (χ2n) is 7.83. The van der Waals surface area contributed by atoms with E-state index in [0.29, 0.717) is 5.82 Å². The van der Waals surface area contributed by atoms with E-state index in [-0.39, 0.29) is 6.61 Å². The van der Waals surface area contributed by atoms with Crippen LogP contribution < -0.4 is 0 Å². The van der Waals surface area contributed by atoms with Gasteiger partial charge in [0.25, 0.3) is 0 Å². The maximum absolute atomic E-state index is 9.18. The van der Waals surface area contributed by atoms with Gasteiger partial charge in [0.05, 0.1) is 0 Å². The summed E-state index contributed by atoms with van der Waals surface area (Å²) in [6.45, 7) is 4.33. The number of aromatic nitrogens is 6. The average Bonchev–Trinajstić information content (AvgIpc) is 3.37. The Labute approximate surface area is 198 Å². The number of benzene rings is 2. The van der Waals surface area contributed by atoms with Crippen molar-refractivity contribution in [2.45, 2.75) is 44.6 Å². The number of aliphatic hydroxyl groups excluding tert-OH is 1. The number of aliphatic hydroxyl groups is 1. The average molecular weight is 461 g/mol. The summed E-state index contributed by atoms with van der Waals surface area (Å²) >= 11 is 1.71. The van der Waals surface area contributed by atoms with Gasteiger partial charge < -0.3 is 5.11 Å². The van der Waals surface area contributed by atoms with Gasteiger partial charge in [-0.15, -0.1) is 22.0 Å². The van der Waals surface area contributed by atoms with Crippen molar-refractivity contribution >= 4 is 11.8 Å². The van der Waals surface area contributed by atoms with Crippen molar-refractivity contribution in [3.63, 3.8) is 0 Å². The number of rotatable bonds is 10. The van der Waals surface area contributed by atoms with Crippen LogP contribution in [0.4, 0.5) is 0 Å². The molecule has 0 bridgehead atoms. The van der Waals surface area contributed by atoms with E-state index < -0.39 is 0 Å². The molecule has 8 heteroatoms. The Balaban J connectivity index is 1.63. The van der Waals surface area contributed by atoms with E-state index in [1.165, 1.54) is 11.1 Å². The smallest absolute Gasteiger partial charge is 0.205 e. The third kappa shape index (κ3) is 5.64. The summed E-state index contributed by atoms with van der Waals surface area (Å²) in [5, 5.41) is 24.7. The number of hydrogen-bond donors (Lipinski definition) is 2. The van der Waals surface area contributed by atoms with Crippen LogP contribution in [0.3, 0.4) is 0 Å². The minimum atomic E-state index is 0.195. The third-order valence-corrected chi connectivity index (χ3v) is 6.46. The van der Waals surface area contributed by atoms with Crippen molar-refractivity contribution in [3.8, 4) is 22.5 Å². The molecule has 0 spiro atoms. The summed E-state index contributed by atoms with van der Waals surface area (Å²) < 4.78 is 0. The van der Waals surface area contributed by atoms with Crippen LogP contribution in [0.25, 0.3) is 22.5 Å². The molecule has 0 fully saturated rings. The summed E-state index contributed by atoms with van der Waals surface area (Å²) in [5.74, 6) is 2.24. The maximum atomic E-state index is 9.18. The fourth-order valence-electron chi connectivity index (χ4n) is 3.81. The van der Waals surface area contributed by atoms with Crippen LogP contribution in [0.5, 0.6) is 0 Å². The van der Waals surface area contributed by atoms with Crippen molar-refractivity contribution in [1.29, 1.82) is 0 Å². The normalized spacial score (nSPS) is 11.1. The number of hydrogen-bond acceptors (Lipinski definition) is 7. The van der Waals surface area contributed by atoms with Gasteiger partial charge in [-0.1, -0.05) is 61.9 Å². The molecule has 0 aliphatic carbocycles. The Morgan fingerprint density at radius 3 is 2.48 bits per heavy atom. The van der Waals surface area contributed by atoms with E-state index in [1.54, 1.807) is 11.8 Å². The Kier molecular flexibility index (Phi) is 7.80. The van der Waals surface area contributed by atoms with Crippen LogP contribution in [0.2, 0.25) is 0 Å². The number of H-pyrrole nitrogens is 1. The van der Waals surface area contributed by atoms with Crippen molar-refractivity contribution in [3.05, 3.63) is 71.2 Å². The number of nitrogens with zero attached hydrogens (tertiary/aromatic N) is 5. The topological polar surface area (TPSA) is 100 Å². The van der Waals surface area contributed by atoms with E-state index in [2.05, 4.69) is 57.9 Å². The van der Waals surface area contributed by atoms with Crippen LogP contribution in [0, 0.1) is 6.92 Å². The third-order valence-electron chi connectivity index (χ3n) is 5.35. The number of thioether (sulfide) groups is 1. The molecule has 0 saturated heterocycles. The molecule has 0 amide bonds. The van der Waals surface area contributed by atoms with E-state index in [4.69, 9.17) is 9.97 Å². The fourth-order valence-corrected chi connectivity index (χ4v) is 4.84. The van der Waals surface area contributed by atoms with E-state index in [1.807, 2.05) is 25.1 Å². The molecule has 0 unspecified atom stereocenters. The standard InChI is InChI=1S/C25H28N6OS/c1-3-7-23-22(25(27-17(2)26-23)33-15-6-14-32)16-18-10-12-19(13-11-18)20-8-4-5-9-21(20)24-28-30-31-29-24/h4-5,8-13,32H,3,6-7,14-16H2,1-2H3,(H,28,29,30,31). The molecule has 4 aromatic rings. The first-order chi connectivity index (χ1) is 16.2. The Morgan fingerprint density at radius 1 is 1.00 bits per heavy atom. The molecule has 2 aromatic heterocycles. The molecule has 7 nitrogen and oxygen atoms in total. The van der Waals surface area contributed by atoms with Gasteiger partial charge in [-0.05, 0) is 41.7 Å². The monoisotopic (exact) mass is 460 g/mol. The maximum Gasteiger partial charge on any atom is 0.205 e. The largest absolute Gasteiger partial charge is 0.396 e. The second kappa shape index (κ2) is 11.2. The predicted molar refractivity (Wildman–Crippen MR) is 131 cm³/mol. The molecule has 2 heterocycles. The fraction of sp³-hybridized carbons (Fsp3) is 0.320. The highest BCUT2D eigenvalue weighted by atomic mass is 32.2. The molecule has 0 saturated carbocycles. The lowest BCUT2D eigenvalue weighted by atomic mass is 9.96. The number of aryl methyl sites for hydroxylation is 2. The van der Waals surface area contributed by atoms with E-state index >= 15 is 0 Å². The highest BCUT2D eigenvalue weighted by molar-refractivity contribution is 7.99. The molecular formula is C25H28N6OS. The molecule has 2 N–H and O–H groups in total. The summed E-state index contributed by atoms with van der Waals surface area (Å²) in [5.41, 5.74) is 6.65. The molecule has 0 radical (unpaired) electrons. The lowest BCUT2D eigenvalue weighted by Crippen LogP contribution is -2.07. The van der Waals surface area contributed by atoms with Crippen LogP contribution in [-0.2, 0) is 12.8 Å². The minimum absolute atomic E-state index is 0.195. The molecule has 4 rings (SSSR count). The first-order valence-corrected chi connectivity index (χ1v) is 12.2. The minimum Gasteiger partial charge on any atom is -0.396 e. The van der Waals surface area contributed by atoms with E-state index in [0.717, 1.165) is 64.7 Å². The van der Waals surface area contributed by atoms with Gasteiger partial charge in [-0.25, -0.2) is 9.97 Å². The second-order valence-corrected chi connectivity index (χ2v) is 8.92. The first kappa shape index (κ1) is 23.1. The van der Waals surface area contributed by atoms with Gasteiger partial charge in [0.1, 0.15) is 10.9 Å². The zero-order chi connectivity index (χ0) is 23.0. The zero-order valence-corrected chi connectivity index (χ0v) is 19.8. The predicted octanol–water partition coefficient (Wildman–Crippen LogP) is 4.65. The van der Waals surface area contributed by atoms with Gasteiger partial charge in [0, 0.05) is 35.6 Å². The van der Waals surface area contributed by atoms with Gasteiger partial charge in [-0.3, -0.25) is 0 Å². The molecule has 0 aliphatic rings. The van der Waals surface area contributed by atoms with Crippen LogP contribution in [0.15, 0.2) is 53.6 Å². The van der Waals surface area contributed by atoms with Crippen molar-refractivity contribution in [2.24, 2.45) is 0 Å². The molecule has 170 valence electrons. The molecule has 0 atom stereocenters. The number of aromatic amines is 1. The molecule has 33 heavy (non-hydrogen) atoms. The number of tetrazole rings is 1. The van der Waals surface area contributed by atoms with Crippen LogP contribution in [0.1, 0.15) is 42.4 Å².